The Hall–Kier alpha value is -1.96. The van der Waals surface area contributed by atoms with Gasteiger partial charge >= 0.3 is 6.03 Å². The molecular formula is C16H24N4O3. The van der Waals surface area contributed by atoms with E-state index in [1.54, 1.807) is 0 Å². The summed E-state index contributed by atoms with van der Waals surface area (Å²) in [7, 11) is 0. The van der Waals surface area contributed by atoms with Gasteiger partial charge in [0, 0.05) is 39.3 Å². The highest BCUT2D eigenvalue weighted by molar-refractivity contribution is 5.95. The van der Waals surface area contributed by atoms with Gasteiger partial charge in [-0.05, 0) is 5.56 Å². The fraction of sp³-hybridized carbons (Fsp3) is 0.500. The van der Waals surface area contributed by atoms with Crippen LogP contribution in [0, 0.1) is 0 Å². The molecule has 3 amide bonds. The summed E-state index contributed by atoms with van der Waals surface area (Å²) in [5.74, 6) is -0.300. The number of hydrogen-bond acceptors (Lipinski definition) is 5. The summed E-state index contributed by atoms with van der Waals surface area (Å²) >= 11 is 0. The Kier molecular flexibility index (Phi) is 6.99. The van der Waals surface area contributed by atoms with Gasteiger partial charge in [0.2, 0.25) is 5.91 Å². The van der Waals surface area contributed by atoms with Crippen LogP contribution in [0.15, 0.2) is 30.3 Å². The molecule has 1 heterocycles. The lowest BCUT2D eigenvalue weighted by Crippen LogP contribution is -2.51. The molecule has 7 heteroatoms. The first kappa shape index (κ1) is 17.4. The van der Waals surface area contributed by atoms with Gasteiger partial charge in [0.15, 0.2) is 0 Å². The maximum Gasteiger partial charge on any atom is 0.321 e. The van der Waals surface area contributed by atoms with Gasteiger partial charge in [0.25, 0.3) is 0 Å². The van der Waals surface area contributed by atoms with Crippen LogP contribution < -0.4 is 10.6 Å². The number of imide groups is 1. The SMILES string of the molecule is O=C(CN1CCN(CCO)CC1)NC(=O)NCc1ccccc1. The van der Waals surface area contributed by atoms with E-state index in [0.717, 1.165) is 31.7 Å². The Morgan fingerprint density at radius 2 is 1.70 bits per heavy atom. The molecule has 0 unspecified atom stereocenters. The largest absolute Gasteiger partial charge is 0.395 e. The first-order chi connectivity index (χ1) is 11.2. The van der Waals surface area contributed by atoms with Crippen LogP contribution in [0.4, 0.5) is 4.79 Å². The second-order valence-electron chi connectivity index (χ2n) is 5.56. The number of carbonyl (C=O) groups is 2. The number of amides is 3. The summed E-state index contributed by atoms with van der Waals surface area (Å²) in [6, 6.07) is 9.06. The second-order valence-corrected chi connectivity index (χ2v) is 5.56. The van der Waals surface area contributed by atoms with E-state index in [4.69, 9.17) is 5.11 Å². The lowest BCUT2D eigenvalue weighted by molar-refractivity contribution is -0.121. The van der Waals surface area contributed by atoms with E-state index in [-0.39, 0.29) is 19.1 Å². The summed E-state index contributed by atoms with van der Waals surface area (Å²) in [6.45, 7) is 4.61. The molecule has 0 saturated carbocycles. The van der Waals surface area contributed by atoms with Gasteiger partial charge in [-0.1, -0.05) is 30.3 Å². The number of hydrogen-bond donors (Lipinski definition) is 3. The maximum absolute atomic E-state index is 11.9. The summed E-state index contributed by atoms with van der Waals surface area (Å²) in [4.78, 5) is 27.7. The molecule has 23 heavy (non-hydrogen) atoms. The molecule has 126 valence electrons. The van der Waals surface area contributed by atoms with Crippen molar-refractivity contribution in [3.8, 4) is 0 Å². The standard InChI is InChI=1S/C16H24N4O3/c21-11-10-19-6-8-20(9-7-19)13-15(22)18-16(23)17-12-14-4-2-1-3-5-14/h1-5,21H,6-13H2,(H2,17,18,22,23). The smallest absolute Gasteiger partial charge is 0.321 e. The van der Waals surface area contributed by atoms with Crippen LogP contribution in [0.2, 0.25) is 0 Å². The molecule has 0 spiro atoms. The lowest BCUT2D eigenvalue weighted by Gasteiger charge is -2.33. The van der Waals surface area contributed by atoms with E-state index in [9.17, 15) is 9.59 Å². The number of piperazine rings is 1. The van der Waals surface area contributed by atoms with Gasteiger partial charge < -0.3 is 10.4 Å². The molecule has 0 atom stereocenters. The number of β-amino-alcohol motifs (C(OH)–C–C–N with tert-alkyl or cyclic N) is 1. The zero-order valence-corrected chi connectivity index (χ0v) is 13.2. The van der Waals surface area contributed by atoms with Crippen molar-refractivity contribution in [3.05, 3.63) is 35.9 Å². The van der Waals surface area contributed by atoms with Crippen LogP contribution >= 0.6 is 0 Å². The van der Waals surface area contributed by atoms with Crippen molar-refractivity contribution in [1.29, 1.82) is 0 Å². The van der Waals surface area contributed by atoms with Crippen molar-refractivity contribution < 1.29 is 14.7 Å². The predicted octanol–water partition coefficient (Wildman–Crippen LogP) is -0.378. The van der Waals surface area contributed by atoms with E-state index < -0.39 is 6.03 Å². The third-order valence-electron chi connectivity index (χ3n) is 3.80. The molecule has 7 nitrogen and oxygen atoms in total. The molecule has 1 fully saturated rings. The maximum atomic E-state index is 11.9. The van der Waals surface area contributed by atoms with Gasteiger partial charge in [-0.15, -0.1) is 0 Å². The van der Waals surface area contributed by atoms with Crippen molar-refractivity contribution in [2.75, 3.05) is 45.9 Å². The van der Waals surface area contributed by atoms with E-state index in [2.05, 4.69) is 15.5 Å². The first-order valence-corrected chi connectivity index (χ1v) is 7.84. The molecule has 1 saturated heterocycles. The Bertz CT molecular complexity index is 501. The molecule has 2 rings (SSSR count). The third kappa shape index (κ3) is 6.35. The normalized spacial score (nSPS) is 16.0. The molecule has 0 aromatic heterocycles. The fourth-order valence-corrected chi connectivity index (χ4v) is 2.50. The summed E-state index contributed by atoms with van der Waals surface area (Å²) in [5.41, 5.74) is 0.982. The number of rotatable bonds is 6. The average Bonchev–Trinajstić information content (AvgIpc) is 2.56. The quantitative estimate of drug-likeness (QED) is 0.665. The number of urea groups is 1. The van der Waals surface area contributed by atoms with Crippen LogP contribution in [0.3, 0.4) is 0 Å². The summed E-state index contributed by atoms with van der Waals surface area (Å²) in [6.07, 6.45) is 0. The first-order valence-electron chi connectivity index (χ1n) is 7.84. The van der Waals surface area contributed by atoms with Gasteiger partial charge in [0.05, 0.1) is 13.2 Å². The summed E-state index contributed by atoms with van der Waals surface area (Å²) < 4.78 is 0. The number of aliphatic hydroxyl groups is 1. The minimum atomic E-state index is -0.474. The van der Waals surface area contributed by atoms with Crippen molar-refractivity contribution in [2.24, 2.45) is 0 Å². The molecule has 0 radical (unpaired) electrons. The van der Waals surface area contributed by atoms with Crippen molar-refractivity contribution in [1.82, 2.24) is 20.4 Å². The molecule has 1 aromatic carbocycles. The van der Waals surface area contributed by atoms with Crippen LogP contribution in [0.25, 0.3) is 0 Å². The lowest BCUT2D eigenvalue weighted by atomic mass is 10.2. The van der Waals surface area contributed by atoms with Crippen LogP contribution in [0.5, 0.6) is 0 Å². The van der Waals surface area contributed by atoms with Gasteiger partial charge in [-0.25, -0.2) is 4.79 Å². The highest BCUT2D eigenvalue weighted by Crippen LogP contribution is 2.00. The number of nitrogens with one attached hydrogen (secondary N) is 2. The van der Waals surface area contributed by atoms with E-state index in [0.29, 0.717) is 13.1 Å². The van der Waals surface area contributed by atoms with Gasteiger partial charge in [0.1, 0.15) is 0 Å². The highest BCUT2D eigenvalue weighted by Gasteiger charge is 2.19. The molecule has 3 N–H and O–H groups in total. The molecule has 1 aliphatic heterocycles. The molecule has 0 bridgehead atoms. The van der Waals surface area contributed by atoms with Crippen LogP contribution in [-0.4, -0.2) is 72.7 Å². The molecule has 0 aliphatic carbocycles. The van der Waals surface area contributed by atoms with Gasteiger partial charge in [-0.2, -0.15) is 0 Å². The Morgan fingerprint density at radius 1 is 1.04 bits per heavy atom. The topological polar surface area (TPSA) is 84.9 Å². The minimum Gasteiger partial charge on any atom is -0.395 e. The fourth-order valence-electron chi connectivity index (χ4n) is 2.50. The van der Waals surface area contributed by atoms with Crippen LogP contribution in [-0.2, 0) is 11.3 Å². The van der Waals surface area contributed by atoms with Crippen molar-refractivity contribution in [3.63, 3.8) is 0 Å². The molecular weight excluding hydrogens is 296 g/mol. The third-order valence-corrected chi connectivity index (χ3v) is 3.80. The monoisotopic (exact) mass is 320 g/mol. The van der Waals surface area contributed by atoms with E-state index in [1.165, 1.54) is 0 Å². The van der Waals surface area contributed by atoms with E-state index in [1.807, 2.05) is 35.2 Å². The number of benzene rings is 1. The zero-order chi connectivity index (χ0) is 16.5. The number of carbonyl (C=O) groups excluding carboxylic acids is 2. The summed E-state index contributed by atoms with van der Waals surface area (Å²) in [5, 5.41) is 13.9. The van der Waals surface area contributed by atoms with Crippen molar-refractivity contribution >= 4 is 11.9 Å². The number of nitrogens with zero attached hydrogens (tertiary/aromatic N) is 2. The van der Waals surface area contributed by atoms with Crippen molar-refractivity contribution in [2.45, 2.75) is 6.54 Å². The minimum absolute atomic E-state index is 0.155. The zero-order valence-electron chi connectivity index (χ0n) is 13.2. The Balaban J connectivity index is 1.63. The second kappa shape index (κ2) is 9.24. The van der Waals surface area contributed by atoms with E-state index >= 15 is 0 Å². The molecule has 1 aliphatic rings. The van der Waals surface area contributed by atoms with Crippen LogP contribution in [0.1, 0.15) is 5.56 Å². The number of aliphatic hydroxyl groups excluding tert-OH is 1. The highest BCUT2D eigenvalue weighted by atomic mass is 16.3. The van der Waals surface area contributed by atoms with Gasteiger partial charge in [-0.3, -0.25) is 19.9 Å². The Labute approximate surface area is 136 Å². The molecule has 1 aromatic rings. The average molecular weight is 320 g/mol. The predicted molar refractivity (Wildman–Crippen MR) is 86.8 cm³/mol. The Morgan fingerprint density at radius 3 is 2.35 bits per heavy atom.